The van der Waals surface area contributed by atoms with Crippen molar-refractivity contribution in [2.45, 2.75) is 26.7 Å². The second-order valence-corrected chi connectivity index (χ2v) is 8.89. The van der Waals surface area contributed by atoms with Crippen LogP contribution in [0.1, 0.15) is 67.3 Å². The van der Waals surface area contributed by atoms with E-state index >= 15 is 0 Å². The van der Waals surface area contributed by atoms with Crippen LogP contribution in [0, 0.1) is 0 Å². The zero-order valence-electron chi connectivity index (χ0n) is 22.2. The minimum Gasteiger partial charge on any atom is -0.462 e. The molecule has 0 spiro atoms. The number of anilines is 1. The van der Waals surface area contributed by atoms with E-state index in [1.807, 2.05) is 0 Å². The van der Waals surface area contributed by atoms with Gasteiger partial charge in [-0.05, 0) is 49.1 Å². The van der Waals surface area contributed by atoms with E-state index in [-0.39, 0.29) is 61.4 Å². The maximum absolute atomic E-state index is 12.6. The van der Waals surface area contributed by atoms with E-state index in [1.54, 1.807) is 62.4 Å². The molecule has 11 heteroatoms. The molecule has 40 heavy (non-hydrogen) atoms. The smallest absolute Gasteiger partial charge is 0.340 e. The topological polar surface area (TPSA) is 154 Å². The van der Waals surface area contributed by atoms with Gasteiger partial charge in [0.05, 0.1) is 54.2 Å². The van der Waals surface area contributed by atoms with Crippen molar-refractivity contribution in [3.8, 4) is 11.1 Å². The lowest BCUT2D eigenvalue weighted by molar-refractivity contribution is -0.133. The molecule has 2 aliphatic carbocycles. The molecule has 0 fully saturated rings. The zero-order valence-corrected chi connectivity index (χ0v) is 22.2. The van der Waals surface area contributed by atoms with Crippen molar-refractivity contribution >= 4 is 35.3 Å². The molecule has 0 saturated carbocycles. The van der Waals surface area contributed by atoms with Gasteiger partial charge < -0.3 is 15.2 Å². The van der Waals surface area contributed by atoms with Gasteiger partial charge in [-0.25, -0.2) is 15.1 Å². The van der Waals surface area contributed by atoms with Crippen molar-refractivity contribution in [1.29, 1.82) is 0 Å². The Bertz CT molecular complexity index is 1360. The van der Waals surface area contributed by atoms with E-state index in [0.717, 1.165) is 4.90 Å². The molecule has 3 aliphatic rings. The van der Waals surface area contributed by atoms with Crippen LogP contribution in [0.25, 0.3) is 11.1 Å². The minimum atomic E-state index is -0.666. The van der Waals surface area contributed by atoms with E-state index in [9.17, 15) is 24.0 Å². The fourth-order valence-corrected chi connectivity index (χ4v) is 4.52. The molecule has 0 saturated heterocycles. The Morgan fingerprint density at radius 1 is 0.800 bits per heavy atom. The predicted octanol–water partition coefficient (Wildman–Crippen LogP) is 3.00. The summed E-state index contributed by atoms with van der Waals surface area (Å²) in [5.74, 6) is -2.47. The van der Waals surface area contributed by atoms with E-state index in [1.165, 1.54) is 0 Å². The number of esters is 2. The SMILES string of the molecule is CCOC(=O)c1c2ccc(CC(=O)NOCCCN3C(=O)c4ccccc4C3=O)ccc-2c(C(=O)OCC)c1N. The summed E-state index contributed by atoms with van der Waals surface area (Å²) >= 11 is 0. The van der Waals surface area contributed by atoms with Gasteiger partial charge in [0.2, 0.25) is 5.91 Å². The van der Waals surface area contributed by atoms with Gasteiger partial charge in [-0.3, -0.25) is 24.1 Å². The average molecular weight is 548 g/mol. The largest absolute Gasteiger partial charge is 0.462 e. The van der Waals surface area contributed by atoms with Crippen molar-refractivity contribution in [3.63, 3.8) is 0 Å². The summed E-state index contributed by atoms with van der Waals surface area (Å²) in [5.41, 5.74) is 10.8. The number of hydrogen-bond donors (Lipinski definition) is 2. The number of carbonyl (C=O) groups excluding carboxylic acids is 5. The number of amides is 3. The summed E-state index contributed by atoms with van der Waals surface area (Å²) in [6, 6.07) is 13.1. The van der Waals surface area contributed by atoms with Crippen LogP contribution < -0.4 is 11.2 Å². The predicted molar refractivity (Wildman–Crippen MR) is 144 cm³/mol. The Morgan fingerprint density at radius 2 is 1.32 bits per heavy atom. The fourth-order valence-electron chi connectivity index (χ4n) is 4.52. The van der Waals surface area contributed by atoms with Crippen molar-refractivity contribution < 1.29 is 38.3 Å². The maximum atomic E-state index is 12.6. The lowest BCUT2D eigenvalue weighted by Crippen LogP contribution is -2.32. The summed E-state index contributed by atoms with van der Waals surface area (Å²) in [7, 11) is 0. The van der Waals surface area contributed by atoms with Crippen molar-refractivity contribution in [2.75, 3.05) is 32.1 Å². The molecule has 4 rings (SSSR count). The van der Waals surface area contributed by atoms with Crippen molar-refractivity contribution in [2.24, 2.45) is 0 Å². The Labute approximate surface area is 230 Å². The molecule has 0 radical (unpaired) electrons. The van der Waals surface area contributed by atoms with E-state index < -0.39 is 17.8 Å². The number of nitrogens with one attached hydrogen (secondary N) is 1. The van der Waals surface area contributed by atoms with E-state index in [0.29, 0.717) is 34.2 Å². The summed E-state index contributed by atoms with van der Waals surface area (Å²) in [6.07, 6.45) is 0.268. The lowest BCUT2D eigenvalue weighted by Gasteiger charge is -2.13. The van der Waals surface area contributed by atoms with Crippen LogP contribution >= 0.6 is 0 Å². The number of nitrogens with zero attached hydrogens (tertiary/aromatic N) is 1. The number of nitrogens with two attached hydrogens (primary N) is 1. The Hall–Kier alpha value is -4.77. The molecule has 0 bridgehead atoms. The molecule has 1 aromatic rings. The third-order valence-electron chi connectivity index (χ3n) is 6.31. The van der Waals surface area contributed by atoms with Crippen LogP contribution in [0.4, 0.5) is 5.69 Å². The van der Waals surface area contributed by atoms with E-state index in [2.05, 4.69) is 5.48 Å². The van der Waals surface area contributed by atoms with Crippen molar-refractivity contribution in [3.05, 3.63) is 76.3 Å². The molecule has 3 amide bonds. The molecule has 0 unspecified atom stereocenters. The summed E-state index contributed by atoms with van der Waals surface area (Å²) < 4.78 is 10.3. The highest BCUT2D eigenvalue weighted by molar-refractivity contribution is 6.21. The molecule has 3 N–H and O–H groups in total. The first-order valence-electron chi connectivity index (χ1n) is 12.8. The Balaban J connectivity index is 1.37. The number of hydrogen-bond acceptors (Lipinski definition) is 9. The number of rotatable bonds is 11. The summed E-state index contributed by atoms with van der Waals surface area (Å²) in [5, 5.41) is 0. The van der Waals surface area contributed by atoms with Gasteiger partial charge in [0.25, 0.3) is 11.8 Å². The second kappa shape index (κ2) is 12.4. The number of carbonyl (C=O) groups is 5. The van der Waals surface area contributed by atoms with Gasteiger partial charge in [-0.15, -0.1) is 0 Å². The van der Waals surface area contributed by atoms with Crippen LogP contribution in [0.15, 0.2) is 48.5 Å². The molecule has 1 aliphatic heterocycles. The number of ether oxygens (including phenoxy) is 2. The Morgan fingerprint density at radius 3 is 1.82 bits per heavy atom. The number of benzene rings is 1. The third-order valence-corrected chi connectivity index (χ3v) is 6.31. The van der Waals surface area contributed by atoms with Gasteiger partial charge in [0.15, 0.2) is 0 Å². The van der Waals surface area contributed by atoms with Crippen LogP contribution in [-0.4, -0.2) is 60.9 Å². The van der Waals surface area contributed by atoms with Gasteiger partial charge in [0, 0.05) is 6.54 Å². The number of nitrogen functional groups attached to an aromatic ring is 1. The highest BCUT2D eigenvalue weighted by Gasteiger charge is 2.34. The highest BCUT2D eigenvalue weighted by atomic mass is 16.6. The van der Waals surface area contributed by atoms with Crippen LogP contribution in [0.5, 0.6) is 0 Å². The molecule has 0 aromatic heterocycles. The van der Waals surface area contributed by atoms with Crippen LogP contribution in [0.3, 0.4) is 0 Å². The average Bonchev–Trinajstić information content (AvgIpc) is 3.25. The third kappa shape index (κ3) is 5.64. The van der Waals surface area contributed by atoms with Gasteiger partial charge in [0.1, 0.15) is 0 Å². The maximum Gasteiger partial charge on any atom is 0.340 e. The molecular weight excluding hydrogens is 518 g/mol. The standard InChI is InChI=1S/C29H29N3O8/c1-3-38-28(36)23-18-12-10-17(11-13-19(18)24(25(23)30)29(37)39-4-2)16-22(33)31-40-15-7-14-32-26(34)20-8-5-6-9-21(20)27(32)35/h5-6,8-13H,3-4,7,14-16,30H2,1-2H3,(H,31,33). The Kier molecular flexibility index (Phi) is 8.75. The summed E-state index contributed by atoms with van der Waals surface area (Å²) in [6.45, 7) is 3.82. The van der Waals surface area contributed by atoms with Gasteiger partial charge in [-0.1, -0.05) is 36.4 Å². The van der Waals surface area contributed by atoms with E-state index in [4.69, 9.17) is 20.0 Å². The number of imide groups is 1. The zero-order chi connectivity index (χ0) is 28.8. The molecule has 0 atom stereocenters. The lowest BCUT2D eigenvalue weighted by atomic mass is 10.1. The fraction of sp³-hybridized carbons (Fsp3) is 0.276. The molecule has 208 valence electrons. The first-order valence-corrected chi connectivity index (χ1v) is 12.8. The van der Waals surface area contributed by atoms with Gasteiger partial charge in [-0.2, -0.15) is 0 Å². The van der Waals surface area contributed by atoms with Crippen LogP contribution in [0.2, 0.25) is 0 Å². The van der Waals surface area contributed by atoms with Crippen molar-refractivity contribution in [1.82, 2.24) is 10.4 Å². The molecule has 1 heterocycles. The summed E-state index contributed by atoms with van der Waals surface area (Å²) in [4.78, 5) is 68.9. The monoisotopic (exact) mass is 547 g/mol. The first kappa shape index (κ1) is 28.2. The van der Waals surface area contributed by atoms with Crippen LogP contribution in [-0.2, 0) is 25.5 Å². The molecule has 11 nitrogen and oxygen atoms in total. The quantitative estimate of drug-likeness (QED) is 0.160. The minimum absolute atomic E-state index is 0.0213. The van der Waals surface area contributed by atoms with Gasteiger partial charge >= 0.3 is 11.9 Å². The first-order chi connectivity index (χ1) is 19.3. The second-order valence-electron chi connectivity index (χ2n) is 8.89. The number of hydroxylamine groups is 1. The molecular formula is C29H29N3O8. The molecule has 1 aromatic carbocycles. The highest BCUT2D eigenvalue weighted by Crippen LogP contribution is 2.39. The number of fused-ring (bicyclic) bond motifs is 2. The normalized spacial score (nSPS) is 12.4.